The SMILES string of the molecule is CCNC(=NCC(C)(C)c1ccccc1Cl)NC1CCS(=O)(=O)C1.I. The van der Waals surface area contributed by atoms with Crippen molar-refractivity contribution in [3.05, 3.63) is 34.9 Å². The highest BCUT2D eigenvalue weighted by Crippen LogP contribution is 2.29. The quantitative estimate of drug-likeness (QED) is 0.371. The zero-order valence-corrected chi connectivity index (χ0v) is 18.8. The van der Waals surface area contributed by atoms with E-state index >= 15 is 0 Å². The molecule has 8 heteroatoms. The zero-order valence-electron chi connectivity index (χ0n) is 14.9. The molecule has 1 unspecified atom stereocenters. The Morgan fingerprint density at radius 3 is 2.60 bits per heavy atom. The van der Waals surface area contributed by atoms with E-state index in [9.17, 15) is 8.42 Å². The summed E-state index contributed by atoms with van der Waals surface area (Å²) in [6.45, 7) is 7.45. The molecule has 1 saturated heterocycles. The minimum atomic E-state index is -2.91. The second-order valence-electron chi connectivity index (χ2n) is 6.80. The maximum atomic E-state index is 11.6. The van der Waals surface area contributed by atoms with Crippen molar-refractivity contribution in [3.63, 3.8) is 0 Å². The van der Waals surface area contributed by atoms with Crippen LogP contribution in [0.3, 0.4) is 0 Å². The fourth-order valence-corrected chi connectivity index (χ4v) is 4.86. The van der Waals surface area contributed by atoms with Crippen LogP contribution in [0.2, 0.25) is 5.02 Å². The van der Waals surface area contributed by atoms with Crippen molar-refractivity contribution in [1.82, 2.24) is 10.6 Å². The van der Waals surface area contributed by atoms with Gasteiger partial charge in [-0.05, 0) is 25.0 Å². The fraction of sp³-hybridized carbons (Fsp3) is 0.588. The van der Waals surface area contributed by atoms with Gasteiger partial charge in [-0.2, -0.15) is 0 Å². The first-order valence-corrected chi connectivity index (χ1v) is 10.4. The second-order valence-corrected chi connectivity index (χ2v) is 9.44. The molecule has 0 saturated carbocycles. The lowest BCUT2D eigenvalue weighted by Gasteiger charge is -2.25. The van der Waals surface area contributed by atoms with E-state index in [0.29, 0.717) is 18.9 Å². The smallest absolute Gasteiger partial charge is 0.191 e. The Labute approximate surface area is 173 Å². The number of halogens is 2. The first-order valence-electron chi connectivity index (χ1n) is 8.24. The van der Waals surface area contributed by atoms with Crippen LogP contribution in [0.25, 0.3) is 0 Å². The normalized spacial score (nSPS) is 20.0. The van der Waals surface area contributed by atoms with E-state index in [1.54, 1.807) is 0 Å². The monoisotopic (exact) mass is 499 g/mol. The van der Waals surface area contributed by atoms with Gasteiger partial charge in [0.15, 0.2) is 15.8 Å². The third-order valence-corrected chi connectivity index (χ3v) is 6.25. The summed E-state index contributed by atoms with van der Waals surface area (Å²) in [6, 6.07) is 7.71. The van der Waals surface area contributed by atoms with Crippen LogP contribution < -0.4 is 10.6 Å². The molecule has 2 rings (SSSR count). The molecule has 2 N–H and O–H groups in total. The molecule has 5 nitrogen and oxygen atoms in total. The van der Waals surface area contributed by atoms with Gasteiger partial charge in [0.2, 0.25) is 0 Å². The molecule has 1 aromatic rings. The lowest BCUT2D eigenvalue weighted by atomic mass is 9.85. The van der Waals surface area contributed by atoms with E-state index in [4.69, 9.17) is 11.6 Å². The van der Waals surface area contributed by atoms with Gasteiger partial charge in [-0.25, -0.2) is 8.42 Å². The summed E-state index contributed by atoms with van der Waals surface area (Å²) in [5.41, 5.74) is 0.831. The highest BCUT2D eigenvalue weighted by molar-refractivity contribution is 14.0. The molecule has 0 radical (unpaired) electrons. The number of benzene rings is 1. The van der Waals surface area contributed by atoms with E-state index < -0.39 is 9.84 Å². The van der Waals surface area contributed by atoms with Crippen molar-refractivity contribution in [2.24, 2.45) is 4.99 Å². The molecule has 0 amide bonds. The fourth-order valence-electron chi connectivity index (χ4n) is 2.79. The van der Waals surface area contributed by atoms with E-state index in [-0.39, 0.29) is 46.9 Å². The third kappa shape index (κ3) is 6.60. The number of rotatable bonds is 5. The molecule has 0 aliphatic carbocycles. The van der Waals surface area contributed by atoms with Gasteiger partial charge >= 0.3 is 0 Å². The van der Waals surface area contributed by atoms with E-state index in [0.717, 1.165) is 17.1 Å². The summed E-state index contributed by atoms with van der Waals surface area (Å²) >= 11 is 6.31. The predicted octanol–water partition coefficient (Wildman–Crippen LogP) is 2.98. The summed E-state index contributed by atoms with van der Waals surface area (Å²) in [7, 11) is -2.91. The Morgan fingerprint density at radius 2 is 2.04 bits per heavy atom. The van der Waals surface area contributed by atoms with Crippen LogP contribution in [0.5, 0.6) is 0 Å². The lowest BCUT2D eigenvalue weighted by molar-refractivity contribution is 0.535. The molecule has 1 atom stereocenters. The van der Waals surface area contributed by atoms with Crippen LogP contribution >= 0.6 is 35.6 Å². The van der Waals surface area contributed by atoms with Gasteiger partial charge in [-0.3, -0.25) is 4.99 Å². The molecule has 0 bridgehead atoms. The highest BCUT2D eigenvalue weighted by Gasteiger charge is 2.29. The van der Waals surface area contributed by atoms with Crippen LogP contribution in [0, 0.1) is 0 Å². The average Bonchev–Trinajstić information content (AvgIpc) is 2.84. The largest absolute Gasteiger partial charge is 0.357 e. The molecule has 1 aliphatic rings. The average molecular weight is 500 g/mol. The predicted molar refractivity (Wildman–Crippen MR) is 116 cm³/mol. The Morgan fingerprint density at radius 1 is 1.36 bits per heavy atom. The number of aliphatic imine (C=N–C) groups is 1. The van der Waals surface area contributed by atoms with Crippen LogP contribution in [-0.4, -0.2) is 45.0 Å². The maximum Gasteiger partial charge on any atom is 0.191 e. The van der Waals surface area contributed by atoms with Gasteiger partial charge in [0, 0.05) is 23.0 Å². The van der Waals surface area contributed by atoms with Gasteiger partial charge in [0.1, 0.15) is 0 Å². The van der Waals surface area contributed by atoms with Crippen LogP contribution in [0.4, 0.5) is 0 Å². The number of nitrogens with one attached hydrogen (secondary N) is 2. The number of sulfone groups is 1. The molecular formula is C17H27ClIN3O2S. The Balaban J connectivity index is 0.00000312. The van der Waals surface area contributed by atoms with Gasteiger partial charge in [-0.1, -0.05) is 43.6 Å². The van der Waals surface area contributed by atoms with Crippen molar-refractivity contribution in [1.29, 1.82) is 0 Å². The zero-order chi connectivity index (χ0) is 17.8. The maximum absolute atomic E-state index is 11.6. The minimum Gasteiger partial charge on any atom is -0.357 e. The Kier molecular flexibility index (Phi) is 8.47. The molecule has 25 heavy (non-hydrogen) atoms. The van der Waals surface area contributed by atoms with E-state index in [2.05, 4.69) is 29.5 Å². The number of hydrogen-bond donors (Lipinski definition) is 2. The Hall–Kier alpha value is -0.540. The van der Waals surface area contributed by atoms with E-state index in [1.165, 1.54) is 0 Å². The second kappa shape index (κ2) is 9.41. The summed E-state index contributed by atoms with van der Waals surface area (Å²) in [5.74, 6) is 1.07. The Bertz CT molecular complexity index is 708. The molecule has 1 heterocycles. The van der Waals surface area contributed by atoms with Crippen LogP contribution in [0.15, 0.2) is 29.3 Å². The molecule has 1 aliphatic heterocycles. The number of hydrogen-bond acceptors (Lipinski definition) is 3. The summed E-state index contributed by atoms with van der Waals surface area (Å²) in [5, 5.41) is 7.16. The van der Waals surface area contributed by atoms with Crippen LogP contribution in [0.1, 0.15) is 32.8 Å². The first-order chi connectivity index (χ1) is 11.2. The molecule has 0 aromatic heterocycles. The standard InChI is InChI=1S/C17H26ClN3O2S.HI/c1-4-19-16(21-13-9-10-24(22,23)11-13)20-12-17(2,3)14-7-5-6-8-15(14)18;/h5-8,13H,4,9-12H2,1-3H3,(H2,19,20,21);1H. The van der Waals surface area contributed by atoms with Gasteiger partial charge in [0.05, 0.1) is 18.1 Å². The van der Waals surface area contributed by atoms with Crippen molar-refractivity contribution in [2.45, 2.75) is 38.6 Å². The van der Waals surface area contributed by atoms with Crippen molar-refractivity contribution in [2.75, 3.05) is 24.6 Å². The first kappa shape index (κ1) is 22.5. The number of guanidine groups is 1. The third-order valence-electron chi connectivity index (χ3n) is 4.15. The molecular weight excluding hydrogens is 473 g/mol. The molecule has 142 valence electrons. The molecule has 1 fully saturated rings. The van der Waals surface area contributed by atoms with Gasteiger partial charge in [0.25, 0.3) is 0 Å². The molecule has 0 spiro atoms. The van der Waals surface area contributed by atoms with E-state index in [1.807, 2.05) is 31.2 Å². The molecule has 1 aromatic carbocycles. The van der Waals surface area contributed by atoms with Crippen LogP contribution in [-0.2, 0) is 15.3 Å². The van der Waals surface area contributed by atoms with Gasteiger partial charge < -0.3 is 10.6 Å². The highest BCUT2D eigenvalue weighted by atomic mass is 127. The lowest BCUT2D eigenvalue weighted by Crippen LogP contribution is -2.44. The van der Waals surface area contributed by atoms with Crippen molar-refractivity contribution in [3.8, 4) is 0 Å². The van der Waals surface area contributed by atoms with Crippen molar-refractivity contribution >= 4 is 51.4 Å². The van der Waals surface area contributed by atoms with Crippen molar-refractivity contribution < 1.29 is 8.42 Å². The van der Waals surface area contributed by atoms with Gasteiger partial charge in [-0.15, -0.1) is 24.0 Å². The summed E-state index contributed by atoms with van der Waals surface area (Å²) < 4.78 is 23.2. The summed E-state index contributed by atoms with van der Waals surface area (Å²) in [6.07, 6.45) is 0.626. The topological polar surface area (TPSA) is 70.6 Å². The number of nitrogens with zero attached hydrogens (tertiary/aromatic N) is 1. The minimum absolute atomic E-state index is 0. The summed E-state index contributed by atoms with van der Waals surface area (Å²) in [4.78, 5) is 4.65.